The Morgan fingerprint density at radius 3 is 3.00 bits per heavy atom. The molecular formula is C15H21ClN2O. The number of H-pyrrole nitrogens is 1. The standard InChI is InChI=1S/C15H21ClN2O/c1-2-11(5-6-19)8-17-9-12-10-18-15-7-13(16)3-4-14(12)15/h3-4,7,10-11,17-19H,2,5-6,8-9H2,1H3. The van der Waals surface area contributed by atoms with Crippen LogP contribution in [0.1, 0.15) is 25.3 Å². The summed E-state index contributed by atoms with van der Waals surface area (Å²) < 4.78 is 0. The molecule has 1 heterocycles. The topological polar surface area (TPSA) is 48.0 Å². The summed E-state index contributed by atoms with van der Waals surface area (Å²) >= 11 is 5.97. The number of hydrogen-bond acceptors (Lipinski definition) is 2. The lowest BCUT2D eigenvalue weighted by atomic mass is 10.0. The van der Waals surface area contributed by atoms with Crippen molar-refractivity contribution in [3.63, 3.8) is 0 Å². The molecule has 1 unspecified atom stereocenters. The van der Waals surface area contributed by atoms with Crippen molar-refractivity contribution in [2.24, 2.45) is 5.92 Å². The number of nitrogens with one attached hydrogen (secondary N) is 2. The Morgan fingerprint density at radius 1 is 1.42 bits per heavy atom. The summed E-state index contributed by atoms with van der Waals surface area (Å²) in [6.45, 7) is 4.21. The molecule has 1 atom stereocenters. The maximum absolute atomic E-state index is 8.97. The van der Waals surface area contributed by atoms with E-state index in [4.69, 9.17) is 16.7 Å². The van der Waals surface area contributed by atoms with Crippen molar-refractivity contribution in [3.05, 3.63) is 35.0 Å². The third-order valence-electron chi connectivity index (χ3n) is 3.59. The quantitative estimate of drug-likeness (QED) is 0.729. The molecule has 0 bridgehead atoms. The van der Waals surface area contributed by atoms with Gasteiger partial charge in [-0.15, -0.1) is 0 Å². The van der Waals surface area contributed by atoms with Crippen LogP contribution >= 0.6 is 11.6 Å². The van der Waals surface area contributed by atoms with Gasteiger partial charge in [0.25, 0.3) is 0 Å². The lowest BCUT2D eigenvalue weighted by molar-refractivity contribution is 0.251. The van der Waals surface area contributed by atoms with Gasteiger partial charge in [0.15, 0.2) is 0 Å². The van der Waals surface area contributed by atoms with Crippen LogP contribution in [0, 0.1) is 5.92 Å². The van der Waals surface area contributed by atoms with E-state index in [2.05, 4.69) is 23.3 Å². The maximum Gasteiger partial charge on any atom is 0.0472 e. The van der Waals surface area contributed by atoms with E-state index >= 15 is 0 Å². The number of fused-ring (bicyclic) bond motifs is 1. The van der Waals surface area contributed by atoms with Gasteiger partial charge in [-0.2, -0.15) is 0 Å². The minimum atomic E-state index is 0.270. The van der Waals surface area contributed by atoms with Crippen molar-refractivity contribution in [1.82, 2.24) is 10.3 Å². The van der Waals surface area contributed by atoms with Crippen LogP contribution in [-0.2, 0) is 6.54 Å². The van der Waals surface area contributed by atoms with Crippen LogP contribution in [-0.4, -0.2) is 23.2 Å². The van der Waals surface area contributed by atoms with Crippen LogP contribution in [0.2, 0.25) is 5.02 Å². The zero-order valence-corrected chi connectivity index (χ0v) is 12.0. The molecule has 1 aromatic carbocycles. The van der Waals surface area contributed by atoms with Gasteiger partial charge in [-0.1, -0.05) is 31.0 Å². The Morgan fingerprint density at radius 2 is 2.26 bits per heavy atom. The summed E-state index contributed by atoms with van der Waals surface area (Å²) in [7, 11) is 0. The number of rotatable bonds is 7. The molecule has 0 aliphatic rings. The van der Waals surface area contributed by atoms with Crippen molar-refractivity contribution in [2.75, 3.05) is 13.2 Å². The Hall–Kier alpha value is -1.03. The molecular weight excluding hydrogens is 260 g/mol. The molecule has 0 aliphatic heterocycles. The normalized spacial score (nSPS) is 13.0. The minimum Gasteiger partial charge on any atom is -0.396 e. The molecule has 2 rings (SSSR count). The van der Waals surface area contributed by atoms with Gasteiger partial charge in [0.05, 0.1) is 0 Å². The predicted molar refractivity (Wildman–Crippen MR) is 80.5 cm³/mol. The summed E-state index contributed by atoms with van der Waals surface area (Å²) in [4.78, 5) is 3.24. The summed E-state index contributed by atoms with van der Waals surface area (Å²) in [5.41, 5.74) is 2.33. The molecule has 0 fully saturated rings. The van der Waals surface area contributed by atoms with E-state index in [1.165, 1.54) is 10.9 Å². The third kappa shape index (κ3) is 3.72. The summed E-state index contributed by atoms with van der Waals surface area (Å²) in [6, 6.07) is 5.92. The predicted octanol–water partition coefficient (Wildman–Crippen LogP) is 3.32. The largest absolute Gasteiger partial charge is 0.396 e. The lowest BCUT2D eigenvalue weighted by Gasteiger charge is -2.14. The van der Waals surface area contributed by atoms with Crippen LogP contribution < -0.4 is 5.32 Å². The van der Waals surface area contributed by atoms with Gasteiger partial charge in [0.2, 0.25) is 0 Å². The van der Waals surface area contributed by atoms with Gasteiger partial charge in [-0.25, -0.2) is 0 Å². The van der Waals surface area contributed by atoms with Gasteiger partial charge in [0, 0.05) is 35.3 Å². The second kappa shape index (κ2) is 6.94. The van der Waals surface area contributed by atoms with Gasteiger partial charge in [0.1, 0.15) is 0 Å². The van der Waals surface area contributed by atoms with E-state index < -0.39 is 0 Å². The minimum absolute atomic E-state index is 0.270. The Balaban J connectivity index is 1.94. The van der Waals surface area contributed by atoms with Crippen LogP contribution in [0.3, 0.4) is 0 Å². The number of halogens is 1. The summed E-state index contributed by atoms with van der Waals surface area (Å²) in [6.07, 6.45) is 3.99. The molecule has 0 amide bonds. The Bertz CT molecular complexity index is 524. The first-order valence-electron chi connectivity index (χ1n) is 6.81. The Labute approximate surface area is 119 Å². The van der Waals surface area contributed by atoms with E-state index in [1.54, 1.807) is 0 Å². The molecule has 1 aromatic heterocycles. The van der Waals surface area contributed by atoms with Gasteiger partial charge in [-0.3, -0.25) is 0 Å². The monoisotopic (exact) mass is 280 g/mol. The van der Waals surface area contributed by atoms with Gasteiger partial charge >= 0.3 is 0 Å². The van der Waals surface area contributed by atoms with Crippen molar-refractivity contribution in [3.8, 4) is 0 Å². The molecule has 3 N–H and O–H groups in total. The van der Waals surface area contributed by atoms with Crippen LogP contribution in [0.5, 0.6) is 0 Å². The number of benzene rings is 1. The zero-order valence-electron chi connectivity index (χ0n) is 11.2. The van der Waals surface area contributed by atoms with Gasteiger partial charge < -0.3 is 15.4 Å². The molecule has 2 aromatic rings. The molecule has 0 radical (unpaired) electrons. The number of aliphatic hydroxyl groups excluding tert-OH is 1. The average molecular weight is 281 g/mol. The Kier molecular flexibility index (Phi) is 5.25. The highest BCUT2D eigenvalue weighted by Gasteiger charge is 2.07. The molecule has 3 nitrogen and oxygen atoms in total. The van der Waals surface area contributed by atoms with Crippen LogP contribution in [0.25, 0.3) is 10.9 Å². The molecule has 104 valence electrons. The fourth-order valence-electron chi connectivity index (χ4n) is 2.35. The summed E-state index contributed by atoms with van der Waals surface area (Å²) in [5.74, 6) is 0.546. The number of aromatic amines is 1. The fourth-order valence-corrected chi connectivity index (χ4v) is 2.52. The number of hydrogen-bond donors (Lipinski definition) is 3. The van der Waals surface area contributed by atoms with E-state index in [0.717, 1.165) is 36.5 Å². The molecule has 4 heteroatoms. The second-order valence-electron chi connectivity index (χ2n) is 4.92. The first kappa shape index (κ1) is 14.4. The third-order valence-corrected chi connectivity index (χ3v) is 3.83. The molecule has 0 spiro atoms. The highest BCUT2D eigenvalue weighted by molar-refractivity contribution is 6.31. The van der Waals surface area contributed by atoms with Crippen molar-refractivity contribution >= 4 is 22.5 Å². The van der Waals surface area contributed by atoms with Crippen molar-refractivity contribution in [1.29, 1.82) is 0 Å². The van der Waals surface area contributed by atoms with E-state index in [0.29, 0.717) is 5.92 Å². The van der Waals surface area contributed by atoms with E-state index in [-0.39, 0.29) is 6.61 Å². The highest BCUT2D eigenvalue weighted by Crippen LogP contribution is 2.22. The van der Waals surface area contributed by atoms with Crippen LogP contribution in [0.15, 0.2) is 24.4 Å². The highest BCUT2D eigenvalue weighted by atomic mass is 35.5. The number of aliphatic hydroxyl groups is 1. The van der Waals surface area contributed by atoms with E-state index in [1.807, 2.05) is 18.3 Å². The first-order chi connectivity index (χ1) is 9.24. The smallest absolute Gasteiger partial charge is 0.0472 e. The fraction of sp³-hybridized carbons (Fsp3) is 0.467. The second-order valence-corrected chi connectivity index (χ2v) is 5.36. The average Bonchev–Trinajstić information content (AvgIpc) is 2.80. The zero-order chi connectivity index (χ0) is 13.7. The van der Waals surface area contributed by atoms with E-state index in [9.17, 15) is 0 Å². The molecule has 19 heavy (non-hydrogen) atoms. The molecule has 0 saturated heterocycles. The van der Waals surface area contributed by atoms with Gasteiger partial charge in [-0.05, 0) is 36.6 Å². The lowest BCUT2D eigenvalue weighted by Crippen LogP contribution is -2.22. The number of aromatic nitrogens is 1. The maximum atomic E-state index is 8.97. The SMILES string of the molecule is CCC(CCO)CNCc1c[nH]c2cc(Cl)ccc12. The summed E-state index contributed by atoms with van der Waals surface area (Å²) in [5, 5.41) is 14.4. The van der Waals surface area contributed by atoms with Crippen molar-refractivity contribution in [2.45, 2.75) is 26.3 Å². The molecule has 0 aliphatic carbocycles. The van der Waals surface area contributed by atoms with Crippen molar-refractivity contribution < 1.29 is 5.11 Å². The molecule has 0 saturated carbocycles. The van der Waals surface area contributed by atoms with Crippen LogP contribution in [0.4, 0.5) is 0 Å². The first-order valence-corrected chi connectivity index (χ1v) is 7.19.